The van der Waals surface area contributed by atoms with Gasteiger partial charge in [0.15, 0.2) is 31.9 Å². The predicted octanol–water partition coefficient (Wildman–Crippen LogP) is 6.96. The second kappa shape index (κ2) is 10.8. The van der Waals surface area contributed by atoms with E-state index in [1.807, 2.05) is 0 Å². The van der Waals surface area contributed by atoms with Crippen LogP contribution in [0.1, 0.15) is 39.5 Å². The Morgan fingerprint density at radius 3 is 1.55 bits per heavy atom. The maximum absolute atomic E-state index is 10.4. The number of hydrogen-bond donors (Lipinski definition) is 4. The fraction of sp³-hybridized carbons (Fsp3) is 0.455. The summed E-state index contributed by atoms with van der Waals surface area (Å²) in [5.41, 5.74) is 4.96. The van der Waals surface area contributed by atoms with Gasteiger partial charge in [0, 0.05) is 22.0 Å². The summed E-state index contributed by atoms with van der Waals surface area (Å²) in [6.07, 6.45) is 3.43. The fourth-order valence-electron chi connectivity index (χ4n) is 4.63. The van der Waals surface area contributed by atoms with Crippen LogP contribution in [0.25, 0.3) is 20.7 Å². The van der Waals surface area contributed by atoms with Crippen LogP contribution in [0.5, 0.6) is 0 Å². The Bertz CT molecular complexity index is 1410. The molecule has 6 rings (SSSR count). The van der Waals surface area contributed by atoms with Gasteiger partial charge in [0.1, 0.15) is 20.8 Å². The lowest BCUT2D eigenvalue weighted by molar-refractivity contribution is 0.261. The van der Waals surface area contributed by atoms with Gasteiger partial charge >= 0.3 is 0 Å². The van der Waals surface area contributed by atoms with Crippen LogP contribution in [0.2, 0.25) is 8.93 Å². The van der Waals surface area contributed by atoms with E-state index in [1.165, 1.54) is 44.6 Å². The van der Waals surface area contributed by atoms with Crippen molar-refractivity contribution in [2.45, 2.75) is 51.6 Å². The maximum atomic E-state index is 10.4. The highest BCUT2D eigenvalue weighted by molar-refractivity contribution is 8.77. The van der Waals surface area contributed by atoms with Crippen molar-refractivity contribution in [3.8, 4) is 0 Å². The van der Waals surface area contributed by atoms with Crippen LogP contribution in [0.3, 0.4) is 0 Å². The van der Waals surface area contributed by atoms with Crippen molar-refractivity contribution in [3.63, 3.8) is 0 Å². The first-order valence-electron chi connectivity index (χ1n) is 12.2. The minimum atomic E-state index is -0.138. The number of fused-ring (bicyclic) bond motifs is 8. The molecule has 0 radical (unpaired) electrons. The van der Waals surface area contributed by atoms with Gasteiger partial charge in [0.2, 0.25) is 0 Å². The summed E-state index contributed by atoms with van der Waals surface area (Å²) >= 11 is 15.1. The molecule has 0 aromatic carbocycles. The van der Waals surface area contributed by atoms with Crippen molar-refractivity contribution < 1.29 is 10.2 Å². The van der Waals surface area contributed by atoms with Gasteiger partial charge < -0.3 is 20.8 Å². The third kappa shape index (κ3) is 4.42. The van der Waals surface area contributed by atoms with Gasteiger partial charge in [-0.25, -0.2) is 19.9 Å². The molecule has 6 heterocycles. The van der Waals surface area contributed by atoms with Crippen molar-refractivity contribution in [2.75, 3.05) is 32.5 Å². The Hall–Kier alpha value is -1.52. The van der Waals surface area contributed by atoms with Gasteiger partial charge in [-0.15, -0.1) is 0 Å². The van der Waals surface area contributed by atoms with E-state index < -0.39 is 0 Å². The molecule has 10 nitrogen and oxygen atoms in total. The summed E-state index contributed by atoms with van der Waals surface area (Å²) in [7, 11) is 3.04. The van der Waals surface area contributed by atoms with Crippen LogP contribution >= 0.6 is 67.8 Å². The second-order valence-electron chi connectivity index (χ2n) is 8.91. The van der Waals surface area contributed by atoms with Crippen LogP contribution in [-0.2, 0) is 0 Å². The van der Waals surface area contributed by atoms with Gasteiger partial charge in [-0.1, -0.05) is 72.6 Å². The maximum Gasteiger partial charge on any atom is 0.186 e. The molecule has 0 spiro atoms. The predicted molar refractivity (Wildman–Crippen MR) is 163 cm³/mol. The highest BCUT2D eigenvalue weighted by Crippen LogP contribution is 2.58. The van der Waals surface area contributed by atoms with Gasteiger partial charge in [-0.3, -0.25) is 8.61 Å². The molecule has 4 bridgehead atoms. The molecule has 2 atom stereocenters. The van der Waals surface area contributed by atoms with E-state index in [2.05, 4.69) is 53.0 Å². The molecule has 4 N–H and O–H groups in total. The van der Waals surface area contributed by atoms with Crippen molar-refractivity contribution in [1.29, 1.82) is 0 Å². The van der Waals surface area contributed by atoms with Crippen LogP contribution in [-0.4, -0.2) is 55.4 Å². The number of thiazole rings is 2. The lowest BCUT2D eigenvalue weighted by Gasteiger charge is -2.41. The quantitative estimate of drug-likeness (QED) is 0.0778. The van der Waals surface area contributed by atoms with E-state index in [9.17, 15) is 10.2 Å². The molecule has 0 fully saturated rings. The number of halogens is 2. The Morgan fingerprint density at radius 1 is 0.763 bits per heavy atom. The van der Waals surface area contributed by atoms with Gasteiger partial charge in [-0.2, -0.15) is 0 Å². The Labute approximate surface area is 244 Å². The molecular formula is C22H24Cl2N8O2S4. The number of anilines is 6. The van der Waals surface area contributed by atoms with Crippen LogP contribution in [0.4, 0.5) is 34.4 Å². The first-order valence-corrected chi connectivity index (χ1v) is 16.6. The highest BCUT2D eigenvalue weighted by Gasteiger charge is 2.38. The Balaban J connectivity index is 1.37. The van der Waals surface area contributed by atoms with E-state index >= 15 is 0 Å². The third-order valence-electron chi connectivity index (χ3n) is 6.43. The molecule has 0 amide bonds. The molecule has 0 saturated heterocycles. The topological polar surface area (TPSA) is 123 Å². The first kappa shape index (κ1) is 26.7. The average molecular weight is 632 g/mol. The molecule has 4 aromatic rings. The van der Waals surface area contributed by atoms with E-state index in [-0.39, 0.29) is 25.3 Å². The molecule has 16 heteroatoms. The van der Waals surface area contributed by atoms with E-state index in [0.29, 0.717) is 31.9 Å². The van der Waals surface area contributed by atoms with Crippen LogP contribution in [0.15, 0.2) is 0 Å². The standard InChI is InChI=1S/C22H24Cl2N8O2S4/c1-3-5-9(7-33)31(13-11-15-19(27-17(13)25-11)29-21(23)35-15)37-38-32(10(8-34)6-4-2)14-12-16-20(28-18(14)26-12)30-22(24)36-16/h9-10,33-34H,3-8H2,1-2H3,(H,25,27)(H,26,28)/t9-,10-/m1/s1. The summed E-state index contributed by atoms with van der Waals surface area (Å²) < 4.78 is 6.94. The van der Waals surface area contributed by atoms with Crippen molar-refractivity contribution in [1.82, 2.24) is 19.9 Å². The first-order chi connectivity index (χ1) is 18.5. The van der Waals surface area contributed by atoms with Gasteiger partial charge in [0.05, 0.1) is 36.7 Å². The lowest BCUT2D eigenvalue weighted by Crippen LogP contribution is -2.38. The van der Waals surface area contributed by atoms with Crippen molar-refractivity contribution >= 4 is 123 Å². The third-order valence-corrected chi connectivity index (χ3v) is 11.3. The number of aromatic nitrogens is 4. The van der Waals surface area contributed by atoms with E-state index in [4.69, 9.17) is 23.2 Å². The number of hydrogen-bond acceptors (Lipinski definition) is 14. The molecular weight excluding hydrogens is 607 g/mol. The van der Waals surface area contributed by atoms with E-state index in [1.54, 1.807) is 0 Å². The van der Waals surface area contributed by atoms with Gasteiger partial charge in [-0.05, 0) is 12.8 Å². The normalized spacial score (nSPS) is 14.6. The van der Waals surface area contributed by atoms with Crippen LogP contribution in [0, 0.1) is 0 Å². The van der Waals surface area contributed by atoms with Crippen molar-refractivity contribution in [2.24, 2.45) is 0 Å². The summed E-state index contributed by atoms with van der Waals surface area (Å²) in [6.45, 7) is 4.19. The summed E-state index contributed by atoms with van der Waals surface area (Å²) in [5.74, 6) is 1.43. The van der Waals surface area contributed by atoms with Crippen molar-refractivity contribution in [3.05, 3.63) is 8.93 Å². The summed E-state index contributed by atoms with van der Waals surface area (Å²) in [4.78, 5) is 18.0. The zero-order chi connectivity index (χ0) is 26.6. The number of pyridine rings is 2. The van der Waals surface area contributed by atoms with E-state index in [0.717, 1.165) is 57.8 Å². The summed E-state index contributed by atoms with van der Waals surface area (Å²) in [6, 6.07) is -0.275. The molecule has 4 aromatic heterocycles. The molecule has 2 aliphatic heterocycles. The number of rotatable bonds is 13. The summed E-state index contributed by atoms with van der Waals surface area (Å²) in [5, 5.41) is 27.4. The van der Waals surface area contributed by atoms with Gasteiger partial charge in [0.25, 0.3) is 0 Å². The zero-order valence-corrected chi connectivity index (χ0v) is 25.1. The molecule has 0 saturated carbocycles. The number of aliphatic hydroxyl groups excluding tert-OH is 2. The highest BCUT2D eigenvalue weighted by atomic mass is 35.5. The monoisotopic (exact) mass is 630 g/mol. The average Bonchev–Trinajstić information content (AvgIpc) is 3.47. The Morgan fingerprint density at radius 2 is 1.18 bits per heavy atom. The second-order valence-corrected chi connectivity index (χ2v) is 14.0. The number of nitrogens with zero attached hydrogens (tertiary/aromatic N) is 6. The molecule has 0 unspecified atom stereocenters. The fourth-order valence-corrected chi connectivity index (χ4v) is 9.57. The minimum Gasteiger partial charge on any atom is -0.394 e. The smallest absolute Gasteiger partial charge is 0.186 e. The Kier molecular flexibility index (Phi) is 7.59. The SMILES string of the molecule is CCC[C@H](CO)N(SSN(c1c2nc3nc(Cl)sc3c1[nH]2)[C@@H](CO)CCC)c1c2nc3nc(Cl)sc3c1[nH]2. The largest absolute Gasteiger partial charge is 0.394 e. The number of nitrogens with one attached hydrogen (secondary N) is 2. The lowest BCUT2D eigenvalue weighted by atomic mass is 10.1. The number of aliphatic hydroxyl groups is 2. The minimum absolute atomic E-state index is 0.00884. The molecule has 202 valence electrons. The van der Waals surface area contributed by atoms with Crippen LogP contribution < -0.4 is 19.2 Å². The molecule has 38 heavy (non-hydrogen) atoms. The molecule has 2 aliphatic rings. The zero-order valence-electron chi connectivity index (χ0n) is 20.4. The molecule has 0 aliphatic carbocycles.